The van der Waals surface area contributed by atoms with Gasteiger partial charge in [-0.3, -0.25) is 4.79 Å². The minimum Gasteiger partial charge on any atom is -0.356 e. The van der Waals surface area contributed by atoms with Gasteiger partial charge in [0.15, 0.2) is 0 Å². The molecule has 0 bridgehead atoms. The normalized spacial score (nSPS) is 12.1. The van der Waals surface area contributed by atoms with Crippen LogP contribution in [-0.2, 0) is 4.79 Å². The molecule has 0 saturated heterocycles. The van der Waals surface area contributed by atoms with Crippen LogP contribution in [0.25, 0.3) is 0 Å². The second-order valence-corrected chi connectivity index (χ2v) is 10.6. The number of hydrogen-bond donors (Lipinski definition) is 1. The van der Waals surface area contributed by atoms with E-state index >= 15 is 0 Å². The topological polar surface area (TPSA) is 29.1 Å². The van der Waals surface area contributed by atoms with Crippen molar-refractivity contribution in [2.24, 2.45) is 0 Å². The molecule has 1 N–H and O–H groups in total. The summed E-state index contributed by atoms with van der Waals surface area (Å²) in [5, 5.41) is 3.09. The zero-order valence-corrected chi connectivity index (χ0v) is 23.8. The molecular weight excluding hydrogens is 414 g/mol. The summed E-state index contributed by atoms with van der Waals surface area (Å²) in [6.45, 7) is 11.8. The van der Waals surface area contributed by atoms with Gasteiger partial charge >= 0.3 is 0 Å². The molecule has 0 fully saturated rings. The molecule has 0 rings (SSSR count). The van der Waals surface area contributed by atoms with Gasteiger partial charge in [-0.2, -0.15) is 0 Å². The summed E-state index contributed by atoms with van der Waals surface area (Å²) in [7, 11) is 0. The molecule has 198 valence electrons. The maximum atomic E-state index is 12.1. The molecule has 0 aromatic rings. The second kappa shape index (κ2) is 24.8. The Labute approximate surface area is 214 Å². The molecule has 0 aliphatic heterocycles. The average Bonchev–Trinajstić information content (AvgIpc) is 2.80. The summed E-state index contributed by atoms with van der Waals surface area (Å²) in [5.41, 5.74) is 4.19. The third kappa shape index (κ3) is 25.3. The summed E-state index contributed by atoms with van der Waals surface area (Å²) in [5.74, 6) is 0.169. The Morgan fingerprint density at radius 1 is 0.588 bits per heavy atom. The zero-order chi connectivity index (χ0) is 25.3. The van der Waals surface area contributed by atoms with Gasteiger partial charge in [0.1, 0.15) is 0 Å². The molecular formula is C32H59NO. The highest BCUT2D eigenvalue weighted by molar-refractivity contribution is 5.77. The van der Waals surface area contributed by atoms with Gasteiger partial charge in [-0.25, -0.2) is 0 Å². The van der Waals surface area contributed by atoms with Crippen LogP contribution in [0.4, 0.5) is 0 Å². The number of rotatable bonds is 23. The van der Waals surface area contributed by atoms with Crippen LogP contribution in [0.2, 0.25) is 0 Å². The molecule has 0 saturated carbocycles. The van der Waals surface area contributed by atoms with Crippen molar-refractivity contribution in [3.8, 4) is 0 Å². The molecule has 1 amide bonds. The Hall–Kier alpha value is -1.31. The number of nitrogens with one attached hydrogen (secondary N) is 1. The first-order chi connectivity index (χ1) is 16.5. The number of carbonyl (C=O) groups is 1. The first kappa shape index (κ1) is 32.7. The van der Waals surface area contributed by atoms with Gasteiger partial charge in [-0.1, -0.05) is 125 Å². The van der Waals surface area contributed by atoms with E-state index in [1.807, 2.05) is 0 Å². The fraction of sp³-hybridized carbons (Fsp3) is 0.781. The van der Waals surface area contributed by atoms with Gasteiger partial charge < -0.3 is 5.32 Å². The fourth-order valence-electron chi connectivity index (χ4n) is 4.23. The van der Waals surface area contributed by atoms with E-state index in [9.17, 15) is 4.79 Å². The third-order valence-electron chi connectivity index (χ3n) is 6.61. The lowest BCUT2D eigenvalue weighted by Crippen LogP contribution is -2.23. The van der Waals surface area contributed by atoms with E-state index in [-0.39, 0.29) is 5.91 Å². The number of amides is 1. The highest BCUT2D eigenvalue weighted by Crippen LogP contribution is 2.13. The van der Waals surface area contributed by atoms with Crippen molar-refractivity contribution in [2.75, 3.05) is 6.54 Å². The molecule has 2 nitrogen and oxygen atoms in total. The lowest BCUT2D eigenvalue weighted by atomic mass is 10.0. The van der Waals surface area contributed by atoms with E-state index in [2.05, 4.69) is 58.2 Å². The molecule has 0 unspecified atom stereocenters. The predicted octanol–water partition coefficient (Wildman–Crippen LogP) is 10.4. The summed E-state index contributed by atoms with van der Waals surface area (Å²) < 4.78 is 0. The van der Waals surface area contributed by atoms with Crippen molar-refractivity contribution in [1.82, 2.24) is 5.32 Å². The van der Waals surface area contributed by atoms with Gasteiger partial charge in [0, 0.05) is 13.0 Å². The van der Waals surface area contributed by atoms with Crippen molar-refractivity contribution in [1.29, 1.82) is 0 Å². The van der Waals surface area contributed by atoms with Gasteiger partial charge in [-0.05, 0) is 59.8 Å². The quantitative estimate of drug-likeness (QED) is 0.116. The summed E-state index contributed by atoms with van der Waals surface area (Å²) in [4.78, 5) is 12.1. The molecule has 0 aromatic heterocycles. The molecule has 34 heavy (non-hydrogen) atoms. The maximum absolute atomic E-state index is 12.1. The van der Waals surface area contributed by atoms with Crippen LogP contribution in [0.5, 0.6) is 0 Å². The number of hydrogen-bond acceptors (Lipinski definition) is 1. The summed E-state index contributed by atoms with van der Waals surface area (Å²) in [6.07, 6.45) is 30.9. The largest absolute Gasteiger partial charge is 0.356 e. The minimum absolute atomic E-state index is 0.169. The molecule has 0 atom stereocenters. The zero-order valence-electron chi connectivity index (χ0n) is 23.8. The van der Waals surface area contributed by atoms with Crippen molar-refractivity contribution in [3.05, 3.63) is 34.9 Å². The minimum atomic E-state index is 0.169. The van der Waals surface area contributed by atoms with E-state index in [0.29, 0.717) is 6.42 Å². The molecule has 0 aliphatic carbocycles. The molecule has 0 spiro atoms. The van der Waals surface area contributed by atoms with Crippen molar-refractivity contribution in [2.45, 2.75) is 157 Å². The van der Waals surface area contributed by atoms with Crippen LogP contribution in [0.1, 0.15) is 157 Å². The van der Waals surface area contributed by atoms with Crippen LogP contribution < -0.4 is 5.32 Å². The molecule has 0 aromatic carbocycles. The SMILES string of the molecule is CCCCCCCCCCCCCCCCNC(=O)CC=C(C)CCC=C(C)CCC=C(C)C. The van der Waals surface area contributed by atoms with E-state index in [1.54, 1.807) is 0 Å². The van der Waals surface area contributed by atoms with Crippen LogP contribution >= 0.6 is 0 Å². The van der Waals surface area contributed by atoms with Crippen molar-refractivity contribution >= 4 is 5.91 Å². The van der Waals surface area contributed by atoms with Crippen LogP contribution in [0.15, 0.2) is 34.9 Å². The first-order valence-corrected chi connectivity index (χ1v) is 14.7. The average molecular weight is 474 g/mol. The molecule has 0 aliphatic rings. The summed E-state index contributed by atoms with van der Waals surface area (Å²) in [6, 6.07) is 0. The Kier molecular flexibility index (Phi) is 23.8. The maximum Gasteiger partial charge on any atom is 0.223 e. The smallest absolute Gasteiger partial charge is 0.223 e. The predicted molar refractivity (Wildman–Crippen MR) is 153 cm³/mol. The van der Waals surface area contributed by atoms with E-state index in [1.165, 1.54) is 100 Å². The highest BCUT2D eigenvalue weighted by atomic mass is 16.1. The van der Waals surface area contributed by atoms with E-state index in [4.69, 9.17) is 0 Å². The van der Waals surface area contributed by atoms with Gasteiger partial charge in [0.05, 0.1) is 0 Å². The Balaban J connectivity index is 3.54. The Morgan fingerprint density at radius 2 is 1.03 bits per heavy atom. The lowest BCUT2D eigenvalue weighted by molar-refractivity contribution is -0.120. The summed E-state index contributed by atoms with van der Waals surface area (Å²) >= 11 is 0. The van der Waals surface area contributed by atoms with Crippen LogP contribution in [0.3, 0.4) is 0 Å². The Morgan fingerprint density at radius 3 is 1.53 bits per heavy atom. The van der Waals surface area contributed by atoms with Crippen molar-refractivity contribution < 1.29 is 4.79 Å². The number of carbonyl (C=O) groups excluding carboxylic acids is 1. The molecule has 0 radical (unpaired) electrons. The third-order valence-corrected chi connectivity index (χ3v) is 6.61. The number of allylic oxidation sites excluding steroid dienone is 5. The van der Waals surface area contributed by atoms with E-state index in [0.717, 1.165) is 38.6 Å². The number of unbranched alkanes of at least 4 members (excludes halogenated alkanes) is 13. The van der Waals surface area contributed by atoms with Gasteiger partial charge in [0.2, 0.25) is 5.91 Å². The molecule has 0 heterocycles. The first-order valence-electron chi connectivity index (χ1n) is 14.7. The Bertz CT molecular complexity index is 566. The van der Waals surface area contributed by atoms with E-state index < -0.39 is 0 Å². The standard InChI is InChI=1S/C32H59NO/c1-6-7-8-9-10-11-12-13-14-15-16-17-18-19-28-33-32(34)27-26-31(5)25-21-24-30(4)23-20-22-29(2)3/h22,24,26H,6-21,23,25,27-28H2,1-5H3,(H,33,34). The second-order valence-electron chi connectivity index (χ2n) is 10.6. The highest BCUT2D eigenvalue weighted by Gasteiger charge is 1.99. The lowest BCUT2D eigenvalue weighted by Gasteiger charge is -2.05. The van der Waals surface area contributed by atoms with Crippen molar-refractivity contribution in [3.63, 3.8) is 0 Å². The molecule has 2 heteroatoms. The van der Waals surface area contributed by atoms with Gasteiger partial charge in [0.25, 0.3) is 0 Å². The van der Waals surface area contributed by atoms with Crippen LogP contribution in [-0.4, -0.2) is 12.5 Å². The van der Waals surface area contributed by atoms with Crippen LogP contribution in [0, 0.1) is 0 Å². The monoisotopic (exact) mass is 473 g/mol. The van der Waals surface area contributed by atoms with Gasteiger partial charge in [-0.15, -0.1) is 0 Å². The fourth-order valence-corrected chi connectivity index (χ4v) is 4.23.